The average molecular weight is 267 g/mol. The molecule has 1 aromatic heterocycles. The topological polar surface area (TPSA) is 48.3 Å². The van der Waals surface area contributed by atoms with Crippen LogP contribution in [0.15, 0.2) is 23.1 Å². The maximum absolute atomic E-state index is 13.2. The van der Waals surface area contributed by atoms with Gasteiger partial charge in [-0.05, 0) is 13.0 Å². The molecule has 4 nitrogen and oxygen atoms in total. The Morgan fingerprint density at radius 1 is 1.32 bits per heavy atom. The number of carbonyl (C=O) groups is 1. The number of ether oxygens (including phenoxy) is 1. The second-order valence-electron chi connectivity index (χ2n) is 3.93. The van der Waals surface area contributed by atoms with Gasteiger partial charge in [-0.3, -0.25) is 4.79 Å². The van der Waals surface area contributed by atoms with E-state index in [2.05, 4.69) is 4.74 Å². The molecule has 0 saturated carbocycles. The van der Waals surface area contributed by atoms with Crippen LogP contribution in [0.1, 0.15) is 17.3 Å². The summed E-state index contributed by atoms with van der Waals surface area (Å²) in [6, 6.07) is 1.74. The van der Waals surface area contributed by atoms with Gasteiger partial charge >= 0.3 is 5.97 Å². The van der Waals surface area contributed by atoms with Crippen LogP contribution in [0.4, 0.5) is 8.78 Å². The third-order valence-corrected chi connectivity index (χ3v) is 2.87. The van der Waals surface area contributed by atoms with E-state index in [1.165, 1.54) is 10.8 Å². The molecule has 0 bridgehead atoms. The number of esters is 1. The average Bonchev–Trinajstić information content (AvgIpc) is 2.41. The SMILES string of the molecule is CCn1cc(C(=O)OC)c(=O)c2cc(F)c(F)cc21. The van der Waals surface area contributed by atoms with Crippen molar-refractivity contribution in [2.24, 2.45) is 0 Å². The number of hydrogen-bond acceptors (Lipinski definition) is 3. The molecule has 19 heavy (non-hydrogen) atoms. The molecule has 6 heteroatoms. The number of aromatic nitrogens is 1. The lowest BCUT2D eigenvalue weighted by Gasteiger charge is -2.11. The smallest absolute Gasteiger partial charge is 0.343 e. The van der Waals surface area contributed by atoms with Gasteiger partial charge in [0.2, 0.25) is 5.43 Å². The van der Waals surface area contributed by atoms with Gasteiger partial charge in [0.05, 0.1) is 12.6 Å². The number of benzene rings is 1. The lowest BCUT2D eigenvalue weighted by molar-refractivity contribution is 0.0598. The van der Waals surface area contributed by atoms with E-state index >= 15 is 0 Å². The molecule has 1 heterocycles. The fourth-order valence-corrected chi connectivity index (χ4v) is 1.90. The second-order valence-corrected chi connectivity index (χ2v) is 3.93. The molecule has 0 fully saturated rings. The quantitative estimate of drug-likeness (QED) is 0.783. The van der Waals surface area contributed by atoms with Gasteiger partial charge in [-0.1, -0.05) is 0 Å². The van der Waals surface area contributed by atoms with E-state index in [0.717, 1.165) is 19.2 Å². The van der Waals surface area contributed by atoms with Crippen molar-refractivity contribution in [1.29, 1.82) is 0 Å². The van der Waals surface area contributed by atoms with Crippen molar-refractivity contribution in [1.82, 2.24) is 4.57 Å². The van der Waals surface area contributed by atoms with Gasteiger partial charge in [0.1, 0.15) is 5.56 Å². The minimum absolute atomic E-state index is 0.0522. The van der Waals surface area contributed by atoms with Crippen molar-refractivity contribution in [2.75, 3.05) is 7.11 Å². The molecule has 2 aromatic rings. The molecule has 0 aliphatic rings. The Balaban J connectivity index is 2.92. The normalized spacial score (nSPS) is 10.7. The van der Waals surface area contributed by atoms with Crippen LogP contribution in [0, 0.1) is 11.6 Å². The molecule has 2 rings (SSSR count). The summed E-state index contributed by atoms with van der Waals surface area (Å²) in [5, 5.41) is -0.0522. The molecule has 1 aromatic carbocycles. The van der Waals surface area contributed by atoms with E-state index < -0.39 is 23.0 Å². The van der Waals surface area contributed by atoms with Crippen LogP contribution in [0.2, 0.25) is 0 Å². The molecule has 0 amide bonds. The number of halogens is 2. The van der Waals surface area contributed by atoms with E-state index in [4.69, 9.17) is 0 Å². The number of carbonyl (C=O) groups excluding carboxylic acids is 1. The van der Waals surface area contributed by atoms with Crippen LogP contribution in [0.25, 0.3) is 10.9 Å². The third kappa shape index (κ3) is 2.09. The van der Waals surface area contributed by atoms with Gasteiger partial charge in [-0.2, -0.15) is 0 Å². The van der Waals surface area contributed by atoms with Crippen LogP contribution in [-0.4, -0.2) is 17.6 Å². The van der Waals surface area contributed by atoms with Crippen LogP contribution in [0.3, 0.4) is 0 Å². The van der Waals surface area contributed by atoms with Gasteiger partial charge < -0.3 is 9.30 Å². The third-order valence-electron chi connectivity index (χ3n) is 2.87. The first-order chi connectivity index (χ1) is 8.99. The summed E-state index contributed by atoms with van der Waals surface area (Å²) in [5.74, 6) is -2.98. The standard InChI is InChI=1S/C13H11F2NO3/c1-3-16-6-8(13(18)19-2)12(17)7-4-9(14)10(15)5-11(7)16/h4-6H,3H2,1-2H3. The Labute approximate surface area is 107 Å². The highest BCUT2D eigenvalue weighted by molar-refractivity contribution is 5.93. The summed E-state index contributed by atoms with van der Waals surface area (Å²) in [6.07, 6.45) is 1.29. The first-order valence-corrected chi connectivity index (χ1v) is 5.60. The van der Waals surface area contributed by atoms with Gasteiger partial charge in [-0.25, -0.2) is 13.6 Å². The molecule has 0 spiro atoms. The molecule has 0 N–H and O–H groups in total. The zero-order valence-electron chi connectivity index (χ0n) is 10.4. The van der Waals surface area contributed by atoms with Crippen molar-refractivity contribution < 1.29 is 18.3 Å². The summed E-state index contributed by atoms with van der Waals surface area (Å²) in [4.78, 5) is 23.6. The number of pyridine rings is 1. The predicted octanol–water partition coefficient (Wildman–Crippen LogP) is 2.09. The predicted molar refractivity (Wildman–Crippen MR) is 65.1 cm³/mol. The summed E-state index contributed by atoms with van der Waals surface area (Å²) < 4.78 is 32.5. The maximum Gasteiger partial charge on any atom is 0.343 e. The van der Waals surface area contributed by atoms with Gasteiger partial charge in [0.15, 0.2) is 11.6 Å². The molecule has 0 atom stereocenters. The van der Waals surface area contributed by atoms with E-state index in [0.29, 0.717) is 6.54 Å². The highest BCUT2D eigenvalue weighted by atomic mass is 19.2. The first-order valence-electron chi connectivity index (χ1n) is 5.60. The largest absolute Gasteiger partial charge is 0.465 e. The van der Waals surface area contributed by atoms with Gasteiger partial charge in [0.25, 0.3) is 0 Å². The first kappa shape index (κ1) is 13.2. The van der Waals surface area contributed by atoms with Crippen LogP contribution in [-0.2, 0) is 11.3 Å². The van der Waals surface area contributed by atoms with Crippen LogP contribution >= 0.6 is 0 Å². The Kier molecular flexibility index (Phi) is 3.33. The fourth-order valence-electron chi connectivity index (χ4n) is 1.90. The number of rotatable bonds is 2. The molecular formula is C13H11F2NO3. The monoisotopic (exact) mass is 267 g/mol. The number of methoxy groups -OCH3 is 1. The molecule has 0 aliphatic heterocycles. The van der Waals surface area contributed by atoms with E-state index in [1.54, 1.807) is 6.92 Å². The highest BCUT2D eigenvalue weighted by Crippen LogP contribution is 2.17. The van der Waals surface area contributed by atoms with Crippen molar-refractivity contribution in [3.63, 3.8) is 0 Å². The number of fused-ring (bicyclic) bond motifs is 1. The number of aryl methyl sites for hydroxylation is 1. The maximum atomic E-state index is 13.2. The summed E-state index contributed by atoms with van der Waals surface area (Å²) in [7, 11) is 1.15. The van der Waals surface area contributed by atoms with Gasteiger partial charge in [0, 0.05) is 24.2 Å². The lowest BCUT2D eigenvalue weighted by atomic mass is 10.1. The van der Waals surface area contributed by atoms with Crippen molar-refractivity contribution in [3.05, 3.63) is 45.8 Å². The fraction of sp³-hybridized carbons (Fsp3) is 0.231. The van der Waals surface area contributed by atoms with E-state index in [1.807, 2.05) is 0 Å². The van der Waals surface area contributed by atoms with E-state index in [-0.39, 0.29) is 16.5 Å². The zero-order valence-corrected chi connectivity index (χ0v) is 10.4. The number of nitrogens with zero attached hydrogens (tertiary/aromatic N) is 1. The molecular weight excluding hydrogens is 256 g/mol. The van der Waals surface area contributed by atoms with Crippen molar-refractivity contribution >= 4 is 16.9 Å². The number of hydrogen-bond donors (Lipinski definition) is 0. The summed E-state index contributed by atoms with van der Waals surface area (Å²) in [6.45, 7) is 2.15. The molecule has 100 valence electrons. The van der Waals surface area contributed by atoms with Crippen molar-refractivity contribution in [3.8, 4) is 0 Å². The minimum atomic E-state index is -1.13. The summed E-state index contributed by atoms with van der Waals surface area (Å²) in [5.41, 5.74) is -0.646. The Morgan fingerprint density at radius 2 is 1.95 bits per heavy atom. The van der Waals surface area contributed by atoms with Crippen LogP contribution in [0.5, 0.6) is 0 Å². The molecule has 0 unspecified atom stereocenters. The molecule has 0 radical (unpaired) electrons. The highest BCUT2D eigenvalue weighted by Gasteiger charge is 2.17. The molecule has 0 aliphatic carbocycles. The van der Waals surface area contributed by atoms with Crippen LogP contribution < -0.4 is 5.43 Å². The molecule has 0 saturated heterocycles. The second kappa shape index (κ2) is 4.79. The Morgan fingerprint density at radius 3 is 2.53 bits per heavy atom. The van der Waals surface area contributed by atoms with E-state index in [9.17, 15) is 18.4 Å². The summed E-state index contributed by atoms with van der Waals surface area (Å²) >= 11 is 0. The lowest BCUT2D eigenvalue weighted by Crippen LogP contribution is -2.20. The van der Waals surface area contributed by atoms with Crippen molar-refractivity contribution in [2.45, 2.75) is 13.5 Å². The zero-order chi connectivity index (χ0) is 14.2. The minimum Gasteiger partial charge on any atom is -0.465 e. The Hall–Kier alpha value is -2.24. The van der Waals surface area contributed by atoms with Gasteiger partial charge in [-0.15, -0.1) is 0 Å². The Bertz CT molecular complexity index is 722.